The van der Waals surface area contributed by atoms with Crippen LogP contribution >= 0.6 is 0 Å². The highest BCUT2D eigenvalue weighted by Crippen LogP contribution is 2.36. The highest BCUT2D eigenvalue weighted by Gasteiger charge is 2.42. The van der Waals surface area contributed by atoms with Gasteiger partial charge in [-0.1, -0.05) is 6.07 Å². The third-order valence-electron chi connectivity index (χ3n) is 4.41. The topological polar surface area (TPSA) is 138 Å². The van der Waals surface area contributed by atoms with E-state index in [2.05, 4.69) is 30.6 Å². The third kappa shape index (κ3) is 8.38. The Morgan fingerprint density at radius 1 is 1.16 bits per heavy atom. The van der Waals surface area contributed by atoms with Gasteiger partial charge in [0.2, 0.25) is 11.8 Å². The lowest BCUT2D eigenvalue weighted by Crippen LogP contribution is -2.36. The van der Waals surface area contributed by atoms with Gasteiger partial charge in [-0.25, -0.2) is 14.6 Å². The number of alkyl carbamates (subject to hydrolysis) is 1. The summed E-state index contributed by atoms with van der Waals surface area (Å²) in [5, 5.41) is 13.9. The zero-order valence-corrected chi connectivity index (χ0v) is 18.7. The monoisotopic (exact) mass is 454 g/mol. The molecule has 2 N–H and O–H groups in total. The van der Waals surface area contributed by atoms with Crippen LogP contribution in [-0.4, -0.2) is 66.7 Å². The molecule has 0 saturated carbocycles. The molecule has 1 fully saturated rings. The molecule has 12 heteroatoms. The van der Waals surface area contributed by atoms with Gasteiger partial charge in [0.05, 0.1) is 12.0 Å². The maximum Gasteiger partial charge on any atom is 0.407 e. The maximum atomic E-state index is 12.6. The maximum absolute atomic E-state index is 12.6. The first-order valence-electron chi connectivity index (χ1n) is 10.2. The van der Waals surface area contributed by atoms with Crippen LogP contribution in [0.2, 0.25) is 0 Å². The van der Waals surface area contributed by atoms with Crippen molar-refractivity contribution in [3.63, 3.8) is 0 Å². The highest BCUT2D eigenvalue weighted by atomic mass is 17.7. The van der Waals surface area contributed by atoms with Gasteiger partial charge in [-0.15, -0.1) is 0 Å². The van der Waals surface area contributed by atoms with E-state index in [0.717, 1.165) is 5.56 Å². The van der Waals surface area contributed by atoms with Crippen molar-refractivity contribution in [2.45, 2.75) is 38.8 Å². The van der Waals surface area contributed by atoms with Gasteiger partial charge in [0.15, 0.2) is 0 Å². The third-order valence-corrected chi connectivity index (χ3v) is 4.41. The number of nitrogens with one attached hydrogen (secondary N) is 2. The van der Waals surface area contributed by atoms with Crippen molar-refractivity contribution in [2.75, 3.05) is 33.4 Å². The molecule has 0 unspecified atom stereocenters. The van der Waals surface area contributed by atoms with E-state index in [9.17, 15) is 14.4 Å². The number of carbonyl (C=O) groups excluding carboxylic acids is 3. The number of carbonyl (C=O) groups is 3. The molecular formula is C20H30N4O8. The van der Waals surface area contributed by atoms with Crippen LogP contribution < -0.4 is 10.6 Å². The highest BCUT2D eigenvalue weighted by molar-refractivity contribution is 5.90. The molecule has 0 aromatic carbocycles. The molecular weight excluding hydrogens is 424 g/mol. The number of pyridine rings is 1. The van der Waals surface area contributed by atoms with Gasteiger partial charge in [0.1, 0.15) is 18.8 Å². The second-order valence-corrected chi connectivity index (χ2v) is 8.05. The first kappa shape index (κ1) is 25.5. The lowest BCUT2D eigenvalue weighted by molar-refractivity contribution is -0.633. The molecule has 1 saturated heterocycles. The van der Waals surface area contributed by atoms with Crippen molar-refractivity contribution in [1.29, 1.82) is 0 Å². The van der Waals surface area contributed by atoms with Crippen molar-refractivity contribution in [2.24, 2.45) is 5.92 Å². The van der Waals surface area contributed by atoms with Crippen LogP contribution in [0.1, 0.15) is 38.8 Å². The second kappa shape index (κ2) is 12.3. The van der Waals surface area contributed by atoms with E-state index in [1.807, 2.05) is 6.07 Å². The summed E-state index contributed by atoms with van der Waals surface area (Å²) in [6.45, 7) is 5.52. The first-order valence-corrected chi connectivity index (χ1v) is 10.2. The lowest BCUT2D eigenvalue weighted by atomic mass is 9.94. The first-order chi connectivity index (χ1) is 15.2. The quantitative estimate of drug-likeness (QED) is 0.285. The minimum atomic E-state index is -0.587. The van der Waals surface area contributed by atoms with Crippen molar-refractivity contribution in [1.82, 2.24) is 20.5 Å². The van der Waals surface area contributed by atoms with Crippen LogP contribution in [0.15, 0.2) is 24.5 Å². The summed E-state index contributed by atoms with van der Waals surface area (Å²) >= 11 is 0. The van der Waals surface area contributed by atoms with E-state index in [1.165, 1.54) is 0 Å². The standard InChI is InChI=1S/C20H30N4O8/c1-20(2,3)30-19(27)23-9-11-29-32-31-28-10-8-22-18(26)15-12-16(25)24(4)17(15)14-6-5-7-21-13-14/h5-7,13,15,17H,8-12H2,1-4H3,(H,22,26)(H,23,27)/t15-,17+/m0/s1. The zero-order valence-electron chi connectivity index (χ0n) is 18.7. The molecule has 0 spiro atoms. The van der Waals surface area contributed by atoms with Gasteiger partial charge in [0, 0.05) is 39.0 Å². The molecule has 178 valence electrons. The molecule has 1 aliphatic rings. The lowest BCUT2D eigenvalue weighted by Gasteiger charge is -2.24. The summed E-state index contributed by atoms with van der Waals surface area (Å²) in [6, 6.07) is 3.23. The van der Waals surface area contributed by atoms with E-state index < -0.39 is 17.6 Å². The van der Waals surface area contributed by atoms with Gasteiger partial charge in [-0.2, -0.15) is 0 Å². The predicted molar refractivity (Wildman–Crippen MR) is 109 cm³/mol. The largest absolute Gasteiger partial charge is 0.444 e. The molecule has 0 aliphatic carbocycles. The summed E-state index contributed by atoms with van der Waals surface area (Å²) in [5.41, 5.74) is 0.212. The molecule has 3 amide bonds. The molecule has 1 aromatic heterocycles. The Kier molecular flexibility index (Phi) is 9.78. The summed E-state index contributed by atoms with van der Waals surface area (Å²) < 4.78 is 5.05. The molecule has 12 nitrogen and oxygen atoms in total. The Bertz CT molecular complexity index is 756. The van der Waals surface area contributed by atoms with Crippen LogP contribution in [0, 0.1) is 5.92 Å². The van der Waals surface area contributed by atoms with Crippen LogP contribution in [0.5, 0.6) is 0 Å². The molecule has 0 radical (unpaired) electrons. The number of hydrogen-bond acceptors (Lipinski definition) is 9. The number of nitrogens with zero attached hydrogens (tertiary/aromatic N) is 2. The molecule has 2 atom stereocenters. The number of amides is 3. The van der Waals surface area contributed by atoms with E-state index in [1.54, 1.807) is 51.2 Å². The predicted octanol–water partition coefficient (Wildman–Crippen LogP) is 1.05. The molecule has 32 heavy (non-hydrogen) atoms. The van der Waals surface area contributed by atoms with Gasteiger partial charge in [-0.3, -0.25) is 14.6 Å². The molecule has 2 heterocycles. The molecule has 1 aliphatic heterocycles. The average molecular weight is 454 g/mol. The summed E-state index contributed by atoms with van der Waals surface area (Å²) in [6.07, 6.45) is 2.83. The summed E-state index contributed by atoms with van der Waals surface area (Å²) in [4.78, 5) is 51.1. The van der Waals surface area contributed by atoms with Crippen LogP contribution in [0.4, 0.5) is 4.79 Å². The van der Waals surface area contributed by atoms with Crippen LogP contribution in [0.3, 0.4) is 0 Å². The minimum Gasteiger partial charge on any atom is -0.444 e. The van der Waals surface area contributed by atoms with Gasteiger partial charge < -0.3 is 20.3 Å². The summed E-state index contributed by atoms with van der Waals surface area (Å²) in [5.74, 6) is -0.912. The minimum absolute atomic E-state index is 0.00169. The Morgan fingerprint density at radius 2 is 1.81 bits per heavy atom. The van der Waals surface area contributed by atoms with E-state index >= 15 is 0 Å². The van der Waals surface area contributed by atoms with Gasteiger partial charge in [0.25, 0.3) is 0 Å². The number of ether oxygens (including phenoxy) is 1. The van der Waals surface area contributed by atoms with Crippen molar-refractivity contribution < 1.29 is 39.0 Å². The fourth-order valence-electron chi connectivity index (χ4n) is 3.07. The Morgan fingerprint density at radius 3 is 2.41 bits per heavy atom. The average Bonchev–Trinajstić information content (AvgIpc) is 3.03. The molecule has 2 rings (SSSR count). The van der Waals surface area contributed by atoms with Crippen molar-refractivity contribution in [3.8, 4) is 0 Å². The fourth-order valence-corrected chi connectivity index (χ4v) is 3.07. The number of hydrogen-bond donors (Lipinski definition) is 2. The number of aromatic nitrogens is 1. The van der Waals surface area contributed by atoms with E-state index in [4.69, 9.17) is 9.62 Å². The van der Waals surface area contributed by atoms with Crippen molar-refractivity contribution >= 4 is 17.9 Å². The van der Waals surface area contributed by atoms with Crippen LogP contribution in [-0.2, 0) is 34.2 Å². The number of rotatable bonds is 11. The van der Waals surface area contributed by atoms with Crippen molar-refractivity contribution in [3.05, 3.63) is 30.1 Å². The smallest absolute Gasteiger partial charge is 0.407 e. The Balaban J connectivity index is 1.57. The van der Waals surface area contributed by atoms with Gasteiger partial charge >= 0.3 is 6.09 Å². The Labute approximate surface area is 186 Å². The molecule has 0 bridgehead atoms. The van der Waals surface area contributed by atoms with Gasteiger partial charge in [-0.05, 0) is 42.5 Å². The van der Waals surface area contributed by atoms with Crippen LogP contribution in [0.25, 0.3) is 0 Å². The molecule has 1 aromatic rings. The normalized spacial score (nSPS) is 18.5. The SMILES string of the molecule is CN1C(=O)C[C@H](C(=O)NCCOOOOCCNC(=O)OC(C)(C)C)[C@H]1c1cccnc1. The fraction of sp³-hybridized carbons (Fsp3) is 0.600. The van der Waals surface area contributed by atoms with E-state index in [0.29, 0.717) is 0 Å². The Hall–Kier alpha value is -2.80. The van der Waals surface area contributed by atoms with E-state index in [-0.39, 0.29) is 50.6 Å². The second-order valence-electron chi connectivity index (χ2n) is 8.05. The zero-order chi connectivity index (χ0) is 23.6. The summed E-state index contributed by atoms with van der Waals surface area (Å²) in [7, 11) is 1.67. The number of likely N-dealkylation sites (tertiary alicyclic amines) is 1.